The molecule has 0 radical (unpaired) electrons. The van der Waals surface area contributed by atoms with Gasteiger partial charge in [0, 0.05) is 29.2 Å². The zero-order valence-electron chi connectivity index (χ0n) is 16.4. The number of nitrogens with zero attached hydrogens (tertiary/aromatic N) is 1. The molecule has 0 aliphatic heterocycles. The minimum atomic E-state index is -0.290. The number of ketones is 1. The third-order valence-electron chi connectivity index (χ3n) is 4.23. The first-order valence-electron chi connectivity index (χ1n) is 8.87. The van der Waals surface area contributed by atoms with Gasteiger partial charge in [0.05, 0.1) is 19.8 Å². The first-order chi connectivity index (χ1) is 14.0. The molecule has 0 aliphatic carbocycles. The van der Waals surface area contributed by atoms with Gasteiger partial charge in [0.15, 0.2) is 17.3 Å². The van der Waals surface area contributed by atoms with E-state index in [0.29, 0.717) is 34.1 Å². The summed E-state index contributed by atoms with van der Waals surface area (Å²) in [6, 6.07) is 15.6. The van der Waals surface area contributed by atoms with Gasteiger partial charge in [-0.2, -0.15) is 0 Å². The maximum Gasteiger partial charge on any atom is 0.257 e. The lowest BCUT2D eigenvalue weighted by Gasteiger charge is -2.11. The molecule has 2 aromatic carbocycles. The Kier molecular flexibility index (Phi) is 6.09. The van der Waals surface area contributed by atoms with Gasteiger partial charge in [-0.15, -0.1) is 0 Å². The van der Waals surface area contributed by atoms with Crippen LogP contribution < -0.4 is 20.1 Å². The standard InChI is InChI=1S/C22H21N3O4/c1-14(26)15-4-7-17(8-5-15)24-21-11-6-16(13-23-21)22(27)25-18-9-10-19(28-2)20(12-18)29-3/h4-13H,1-3H3,(H,23,24)(H,25,27). The number of Topliss-reactive ketones (excluding diaryl/α,β-unsaturated/α-hetero) is 1. The summed E-state index contributed by atoms with van der Waals surface area (Å²) < 4.78 is 10.4. The van der Waals surface area contributed by atoms with Crippen LogP contribution in [0.3, 0.4) is 0 Å². The molecule has 3 rings (SSSR count). The highest BCUT2D eigenvalue weighted by atomic mass is 16.5. The lowest BCUT2D eigenvalue weighted by atomic mass is 10.1. The topological polar surface area (TPSA) is 89.6 Å². The highest BCUT2D eigenvalue weighted by molar-refractivity contribution is 6.04. The maximum absolute atomic E-state index is 12.5. The van der Waals surface area contributed by atoms with E-state index < -0.39 is 0 Å². The Hall–Kier alpha value is -3.87. The van der Waals surface area contributed by atoms with Gasteiger partial charge in [-0.1, -0.05) is 0 Å². The second kappa shape index (κ2) is 8.88. The van der Waals surface area contributed by atoms with Crippen LogP contribution in [0, 0.1) is 0 Å². The van der Waals surface area contributed by atoms with Crippen molar-refractivity contribution in [3.8, 4) is 11.5 Å². The van der Waals surface area contributed by atoms with Crippen molar-refractivity contribution < 1.29 is 19.1 Å². The molecule has 1 amide bonds. The summed E-state index contributed by atoms with van der Waals surface area (Å²) in [6.07, 6.45) is 1.49. The van der Waals surface area contributed by atoms with Crippen LogP contribution in [-0.4, -0.2) is 30.9 Å². The van der Waals surface area contributed by atoms with Gasteiger partial charge in [0.1, 0.15) is 5.82 Å². The van der Waals surface area contributed by atoms with Crippen molar-refractivity contribution in [3.05, 3.63) is 71.9 Å². The minimum absolute atomic E-state index is 0.0134. The number of ether oxygens (including phenoxy) is 2. The van der Waals surface area contributed by atoms with Crippen LogP contribution in [0.15, 0.2) is 60.8 Å². The van der Waals surface area contributed by atoms with Crippen molar-refractivity contribution in [2.45, 2.75) is 6.92 Å². The van der Waals surface area contributed by atoms with Gasteiger partial charge >= 0.3 is 0 Å². The van der Waals surface area contributed by atoms with Crippen molar-refractivity contribution in [1.29, 1.82) is 0 Å². The van der Waals surface area contributed by atoms with E-state index in [1.165, 1.54) is 20.2 Å². The highest BCUT2D eigenvalue weighted by Gasteiger charge is 2.10. The van der Waals surface area contributed by atoms with Crippen LogP contribution in [0.25, 0.3) is 0 Å². The summed E-state index contributed by atoms with van der Waals surface area (Å²) in [4.78, 5) is 28.1. The predicted molar refractivity (Wildman–Crippen MR) is 111 cm³/mol. The molecule has 1 heterocycles. The van der Waals surface area contributed by atoms with Crippen molar-refractivity contribution in [2.75, 3.05) is 24.9 Å². The monoisotopic (exact) mass is 391 g/mol. The molecule has 0 fully saturated rings. The zero-order valence-corrected chi connectivity index (χ0v) is 16.4. The summed E-state index contributed by atoms with van der Waals surface area (Å²) in [5.74, 6) is 1.42. The second-order valence-corrected chi connectivity index (χ2v) is 6.21. The molecule has 0 saturated heterocycles. The Morgan fingerprint density at radius 3 is 2.07 bits per heavy atom. The van der Waals surface area contributed by atoms with Crippen molar-refractivity contribution in [1.82, 2.24) is 4.98 Å². The fourth-order valence-electron chi connectivity index (χ4n) is 2.66. The largest absolute Gasteiger partial charge is 0.493 e. The molecular formula is C22H21N3O4. The van der Waals surface area contributed by atoms with Crippen LogP contribution >= 0.6 is 0 Å². The number of hydrogen-bond acceptors (Lipinski definition) is 6. The van der Waals surface area contributed by atoms with Gasteiger partial charge < -0.3 is 20.1 Å². The molecule has 0 unspecified atom stereocenters. The quantitative estimate of drug-likeness (QED) is 0.584. The molecule has 0 spiro atoms. The lowest BCUT2D eigenvalue weighted by molar-refractivity contribution is 0.101. The lowest BCUT2D eigenvalue weighted by Crippen LogP contribution is -2.12. The minimum Gasteiger partial charge on any atom is -0.493 e. The second-order valence-electron chi connectivity index (χ2n) is 6.21. The molecule has 7 nitrogen and oxygen atoms in total. The average molecular weight is 391 g/mol. The van der Waals surface area contributed by atoms with E-state index in [2.05, 4.69) is 15.6 Å². The Balaban J connectivity index is 1.66. The van der Waals surface area contributed by atoms with Crippen LogP contribution in [-0.2, 0) is 0 Å². The Morgan fingerprint density at radius 2 is 1.48 bits per heavy atom. The number of pyridine rings is 1. The zero-order chi connectivity index (χ0) is 20.8. The van der Waals surface area contributed by atoms with Crippen LogP contribution in [0.2, 0.25) is 0 Å². The number of carbonyl (C=O) groups is 2. The van der Waals surface area contributed by atoms with E-state index >= 15 is 0 Å². The first kappa shape index (κ1) is 19.9. The van der Waals surface area contributed by atoms with E-state index in [1.807, 2.05) is 0 Å². The van der Waals surface area contributed by atoms with Crippen molar-refractivity contribution in [3.63, 3.8) is 0 Å². The van der Waals surface area contributed by atoms with E-state index in [4.69, 9.17) is 9.47 Å². The summed E-state index contributed by atoms with van der Waals surface area (Å²) in [7, 11) is 3.09. The van der Waals surface area contributed by atoms with E-state index in [-0.39, 0.29) is 11.7 Å². The van der Waals surface area contributed by atoms with E-state index in [0.717, 1.165) is 5.69 Å². The smallest absolute Gasteiger partial charge is 0.257 e. The molecular weight excluding hydrogens is 370 g/mol. The number of carbonyl (C=O) groups excluding carboxylic acids is 2. The molecule has 2 N–H and O–H groups in total. The SMILES string of the molecule is COc1ccc(NC(=O)c2ccc(Nc3ccc(C(C)=O)cc3)nc2)cc1OC. The number of amides is 1. The third kappa shape index (κ3) is 4.90. The highest BCUT2D eigenvalue weighted by Crippen LogP contribution is 2.30. The number of methoxy groups -OCH3 is 2. The molecule has 0 atom stereocenters. The summed E-state index contributed by atoms with van der Waals surface area (Å²) in [6.45, 7) is 1.52. The predicted octanol–water partition coefficient (Wildman–Crippen LogP) is 4.30. The van der Waals surface area contributed by atoms with Gasteiger partial charge in [0.2, 0.25) is 0 Å². The molecule has 148 valence electrons. The molecule has 0 saturated carbocycles. The van der Waals surface area contributed by atoms with Crippen molar-refractivity contribution >= 4 is 28.9 Å². The number of rotatable bonds is 7. The molecule has 0 aliphatic rings. The molecule has 3 aromatic rings. The fraction of sp³-hybridized carbons (Fsp3) is 0.136. The molecule has 0 bridgehead atoms. The van der Waals surface area contributed by atoms with Gasteiger partial charge in [-0.25, -0.2) is 4.98 Å². The van der Waals surface area contributed by atoms with E-state index in [9.17, 15) is 9.59 Å². The van der Waals surface area contributed by atoms with Gasteiger partial charge in [-0.05, 0) is 55.5 Å². The van der Waals surface area contributed by atoms with Crippen LogP contribution in [0.5, 0.6) is 11.5 Å². The molecule has 29 heavy (non-hydrogen) atoms. The number of aromatic nitrogens is 1. The molecule has 1 aromatic heterocycles. The first-order valence-corrected chi connectivity index (χ1v) is 8.87. The summed E-state index contributed by atoms with van der Waals surface area (Å²) in [5.41, 5.74) is 2.44. The Labute approximate surface area is 168 Å². The van der Waals surface area contributed by atoms with Crippen molar-refractivity contribution in [2.24, 2.45) is 0 Å². The fourth-order valence-corrected chi connectivity index (χ4v) is 2.66. The van der Waals surface area contributed by atoms with Crippen LogP contribution in [0.1, 0.15) is 27.6 Å². The Bertz CT molecular complexity index is 1020. The number of hydrogen-bond donors (Lipinski definition) is 2. The summed E-state index contributed by atoms with van der Waals surface area (Å²) >= 11 is 0. The molecule has 7 heteroatoms. The normalized spacial score (nSPS) is 10.2. The van der Waals surface area contributed by atoms with Gasteiger partial charge in [0.25, 0.3) is 5.91 Å². The van der Waals surface area contributed by atoms with Gasteiger partial charge in [-0.3, -0.25) is 9.59 Å². The van der Waals surface area contributed by atoms with Crippen LogP contribution in [0.4, 0.5) is 17.2 Å². The van der Waals surface area contributed by atoms with E-state index in [1.54, 1.807) is 61.7 Å². The number of anilines is 3. The summed E-state index contributed by atoms with van der Waals surface area (Å²) in [5, 5.41) is 5.93. The Morgan fingerprint density at radius 1 is 0.828 bits per heavy atom. The number of nitrogens with one attached hydrogen (secondary N) is 2. The maximum atomic E-state index is 12.5. The number of benzene rings is 2. The third-order valence-corrected chi connectivity index (χ3v) is 4.23. The average Bonchev–Trinajstić information content (AvgIpc) is 2.74.